The van der Waals surface area contributed by atoms with Crippen LogP contribution in [0.1, 0.15) is 32.3 Å². The number of amides is 1. The minimum atomic E-state index is -3.70. The molecule has 2 heterocycles. The Bertz CT molecular complexity index is 879. The van der Waals surface area contributed by atoms with Gasteiger partial charge in [-0.3, -0.25) is 9.59 Å². The lowest BCUT2D eigenvalue weighted by Crippen LogP contribution is -2.43. The van der Waals surface area contributed by atoms with Crippen LogP contribution in [0, 0.1) is 5.92 Å². The summed E-state index contributed by atoms with van der Waals surface area (Å²) in [7, 11) is -3.70. The number of carbonyl (C=O) groups excluding carboxylic acids is 2. The summed E-state index contributed by atoms with van der Waals surface area (Å²) in [4.78, 5) is 26.0. The maximum absolute atomic E-state index is 12.3. The molecule has 1 amide bonds. The standard InChI is InChI=1S/C18H23N3O5S/c1-12(2)19-16(22)11-26-18(23)13-6-5-9-21(10-13)17-14-7-3-4-8-15(14)27(24,25)20-17/h3-4,7-8,12-13H,5-6,9-11H2,1-2H3,(H,19,22)/t13-/m1/s1. The summed E-state index contributed by atoms with van der Waals surface area (Å²) in [5, 5.41) is 2.66. The molecule has 3 rings (SSSR count). The molecule has 9 heteroatoms. The number of ether oxygens (including phenoxy) is 1. The van der Waals surface area contributed by atoms with Crippen LogP contribution in [-0.4, -0.2) is 56.8 Å². The van der Waals surface area contributed by atoms with Crippen molar-refractivity contribution in [3.8, 4) is 0 Å². The van der Waals surface area contributed by atoms with Crippen LogP contribution in [0.15, 0.2) is 33.6 Å². The van der Waals surface area contributed by atoms with E-state index in [4.69, 9.17) is 4.74 Å². The number of amidine groups is 1. The second kappa shape index (κ2) is 7.67. The minimum Gasteiger partial charge on any atom is -0.455 e. The first-order valence-electron chi connectivity index (χ1n) is 8.93. The highest BCUT2D eigenvalue weighted by atomic mass is 32.2. The predicted octanol–water partition coefficient (Wildman–Crippen LogP) is 0.915. The molecule has 0 saturated carbocycles. The number of hydrogen-bond acceptors (Lipinski definition) is 6. The van der Waals surface area contributed by atoms with Crippen LogP contribution < -0.4 is 5.32 Å². The van der Waals surface area contributed by atoms with Crippen LogP contribution in [0.25, 0.3) is 0 Å². The highest BCUT2D eigenvalue weighted by molar-refractivity contribution is 7.90. The van der Waals surface area contributed by atoms with Crippen molar-refractivity contribution in [2.75, 3.05) is 19.7 Å². The van der Waals surface area contributed by atoms with Gasteiger partial charge in [-0.1, -0.05) is 12.1 Å². The molecule has 1 saturated heterocycles. The SMILES string of the molecule is CC(C)NC(=O)COC(=O)[C@@H]1CCCN(C2=NS(=O)(=O)c3ccccc32)C1. The number of rotatable bonds is 4. The molecular formula is C18H23N3O5S. The molecule has 27 heavy (non-hydrogen) atoms. The van der Waals surface area contributed by atoms with Gasteiger partial charge in [-0.05, 0) is 38.8 Å². The summed E-state index contributed by atoms with van der Waals surface area (Å²) in [5.74, 6) is -0.844. The smallest absolute Gasteiger partial charge is 0.311 e. The molecule has 1 aromatic rings. The molecule has 1 atom stereocenters. The zero-order valence-electron chi connectivity index (χ0n) is 15.3. The lowest BCUT2D eigenvalue weighted by molar-refractivity contribution is -0.153. The highest BCUT2D eigenvalue weighted by Crippen LogP contribution is 2.29. The second-order valence-electron chi connectivity index (χ2n) is 7.00. The van der Waals surface area contributed by atoms with Crippen LogP contribution in [-0.2, 0) is 24.3 Å². The van der Waals surface area contributed by atoms with E-state index in [0.717, 1.165) is 0 Å². The van der Waals surface area contributed by atoms with Gasteiger partial charge in [0, 0.05) is 24.7 Å². The van der Waals surface area contributed by atoms with E-state index in [-0.39, 0.29) is 23.5 Å². The number of benzene rings is 1. The van der Waals surface area contributed by atoms with E-state index in [2.05, 4.69) is 9.71 Å². The van der Waals surface area contributed by atoms with Crippen molar-refractivity contribution in [3.05, 3.63) is 29.8 Å². The van der Waals surface area contributed by atoms with Crippen molar-refractivity contribution < 1.29 is 22.7 Å². The number of carbonyl (C=O) groups is 2. The zero-order valence-corrected chi connectivity index (χ0v) is 16.2. The fourth-order valence-corrected chi connectivity index (χ4v) is 4.52. The van der Waals surface area contributed by atoms with Crippen molar-refractivity contribution in [2.24, 2.45) is 10.3 Å². The summed E-state index contributed by atoms with van der Waals surface area (Å²) < 4.78 is 33.5. The molecule has 0 unspecified atom stereocenters. The summed E-state index contributed by atoms with van der Waals surface area (Å²) in [6, 6.07) is 6.65. The van der Waals surface area contributed by atoms with E-state index in [0.29, 0.717) is 37.3 Å². The number of sulfonamides is 1. The van der Waals surface area contributed by atoms with E-state index in [1.807, 2.05) is 18.7 Å². The van der Waals surface area contributed by atoms with E-state index in [1.54, 1.807) is 18.2 Å². The maximum atomic E-state index is 12.3. The Morgan fingerprint density at radius 1 is 1.33 bits per heavy atom. The first-order chi connectivity index (χ1) is 12.8. The van der Waals surface area contributed by atoms with Gasteiger partial charge >= 0.3 is 5.97 Å². The van der Waals surface area contributed by atoms with Gasteiger partial charge in [0.2, 0.25) is 0 Å². The average Bonchev–Trinajstić information content (AvgIpc) is 2.91. The third-order valence-corrected chi connectivity index (χ3v) is 5.79. The first-order valence-corrected chi connectivity index (χ1v) is 10.4. The topological polar surface area (TPSA) is 105 Å². The number of nitrogens with zero attached hydrogens (tertiary/aromatic N) is 2. The van der Waals surface area contributed by atoms with Gasteiger partial charge < -0.3 is 15.0 Å². The van der Waals surface area contributed by atoms with Crippen molar-refractivity contribution in [1.82, 2.24) is 10.2 Å². The number of piperidine rings is 1. The minimum absolute atomic E-state index is 0.0243. The highest BCUT2D eigenvalue weighted by Gasteiger charge is 2.35. The third-order valence-electron chi connectivity index (χ3n) is 4.46. The Morgan fingerprint density at radius 2 is 2.07 bits per heavy atom. The third kappa shape index (κ3) is 4.29. The Balaban J connectivity index is 1.67. The van der Waals surface area contributed by atoms with Gasteiger partial charge in [-0.15, -0.1) is 4.40 Å². The molecule has 0 aromatic heterocycles. The molecule has 2 aliphatic heterocycles. The molecule has 0 spiro atoms. The molecule has 1 aromatic carbocycles. The Hall–Kier alpha value is -2.42. The molecule has 2 aliphatic rings. The summed E-state index contributed by atoms with van der Waals surface area (Å²) >= 11 is 0. The molecule has 1 fully saturated rings. The van der Waals surface area contributed by atoms with E-state index >= 15 is 0 Å². The van der Waals surface area contributed by atoms with Crippen molar-refractivity contribution >= 4 is 27.7 Å². The quantitative estimate of drug-likeness (QED) is 0.763. The van der Waals surface area contributed by atoms with Gasteiger partial charge in [-0.2, -0.15) is 8.42 Å². The Morgan fingerprint density at radius 3 is 2.81 bits per heavy atom. The van der Waals surface area contributed by atoms with Crippen molar-refractivity contribution in [1.29, 1.82) is 0 Å². The Kier molecular flexibility index (Phi) is 5.50. The van der Waals surface area contributed by atoms with Gasteiger partial charge in [0.15, 0.2) is 12.4 Å². The monoisotopic (exact) mass is 393 g/mol. The van der Waals surface area contributed by atoms with Crippen LogP contribution in [0.5, 0.6) is 0 Å². The first kappa shape index (κ1) is 19.3. The van der Waals surface area contributed by atoms with E-state index in [1.165, 1.54) is 6.07 Å². The zero-order chi connectivity index (χ0) is 19.6. The van der Waals surface area contributed by atoms with Gasteiger partial charge in [0.05, 0.1) is 5.92 Å². The molecule has 0 radical (unpaired) electrons. The number of hydrogen-bond donors (Lipinski definition) is 1. The predicted molar refractivity (Wildman–Crippen MR) is 98.7 cm³/mol. The van der Waals surface area contributed by atoms with E-state index < -0.39 is 21.9 Å². The second-order valence-corrected chi connectivity index (χ2v) is 8.57. The van der Waals surface area contributed by atoms with Crippen LogP contribution in [0.2, 0.25) is 0 Å². The van der Waals surface area contributed by atoms with Crippen molar-refractivity contribution in [2.45, 2.75) is 37.6 Å². The summed E-state index contributed by atoms with van der Waals surface area (Å²) in [5.41, 5.74) is 0.558. The fourth-order valence-electron chi connectivity index (χ4n) is 3.30. The molecule has 1 N–H and O–H groups in total. The van der Waals surface area contributed by atoms with E-state index in [9.17, 15) is 18.0 Å². The lowest BCUT2D eigenvalue weighted by atomic mass is 9.97. The van der Waals surface area contributed by atoms with Gasteiger partial charge in [0.1, 0.15) is 4.90 Å². The normalized spacial score (nSPS) is 20.8. The Labute approximate surface area is 158 Å². The molecule has 0 bridgehead atoms. The molecule has 0 aliphatic carbocycles. The van der Waals surface area contributed by atoms with Crippen LogP contribution >= 0.6 is 0 Å². The molecule has 8 nitrogen and oxygen atoms in total. The summed E-state index contributed by atoms with van der Waals surface area (Å²) in [6.45, 7) is 4.26. The number of fused-ring (bicyclic) bond motifs is 1. The average molecular weight is 393 g/mol. The number of likely N-dealkylation sites (tertiary alicyclic amines) is 1. The number of nitrogens with one attached hydrogen (secondary N) is 1. The van der Waals surface area contributed by atoms with Gasteiger partial charge in [-0.25, -0.2) is 0 Å². The lowest BCUT2D eigenvalue weighted by Gasteiger charge is -2.32. The molecular weight excluding hydrogens is 370 g/mol. The van der Waals surface area contributed by atoms with Crippen molar-refractivity contribution in [3.63, 3.8) is 0 Å². The van der Waals surface area contributed by atoms with Crippen LogP contribution in [0.4, 0.5) is 0 Å². The van der Waals surface area contributed by atoms with Crippen LogP contribution in [0.3, 0.4) is 0 Å². The maximum Gasteiger partial charge on any atom is 0.311 e. The molecule has 146 valence electrons. The summed E-state index contributed by atoms with van der Waals surface area (Å²) in [6.07, 6.45) is 1.34. The van der Waals surface area contributed by atoms with Gasteiger partial charge in [0.25, 0.3) is 15.9 Å². The fraction of sp³-hybridized carbons (Fsp3) is 0.500. The largest absolute Gasteiger partial charge is 0.455 e. The number of esters is 1.